The molecule has 4 nitrogen and oxygen atoms in total. The summed E-state index contributed by atoms with van der Waals surface area (Å²) in [6.07, 6.45) is 2.45. The molecular formula is C14H23N3O. The topological polar surface area (TPSA) is 36.4 Å². The van der Waals surface area contributed by atoms with Crippen molar-refractivity contribution in [3.63, 3.8) is 0 Å². The number of nitrogens with zero attached hydrogens (tertiary/aromatic N) is 3. The standard InChI is InChI=1S/C14H23N3O/c1-12(2)10-17(8-7-16(3)4)14-6-5-13(11-18)9-15-14/h5-6,9,11-12H,7-8,10H2,1-4H3. The van der Waals surface area contributed by atoms with Crippen molar-refractivity contribution in [1.29, 1.82) is 0 Å². The third-order valence-electron chi connectivity index (χ3n) is 2.63. The van der Waals surface area contributed by atoms with Crippen LogP contribution in [0.4, 0.5) is 5.82 Å². The average Bonchev–Trinajstić information content (AvgIpc) is 2.34. The number of aldehydes is 1. The van der Waals surface area contributed by atoms with Crippen molar-refractivity contribution in [3.05, 3.63) is 23.9 Å². The molecule has 0 aliphatic rings. The Bertz CT molecular complexity index is 360. The Morgan fingerprint density at radius 3 is 2.44 bits per heavy atom. The second kappa shape index (κ2) is 7.11. The van der Waals surface area contributed by atoms with Crippen LogP contribution in [0.2, 0.25) is 0 Å². The lowest BCUT2D eigenvalue weighted by Crippen LogP contribution is -2.34. The Kier molecular flexibility index (Phi) is 5.78. The first-order valence-electron chi connectivity index (χ1n) is 6.34. The number of anilines is 1. The van der Waals surface area contributed by atoms with Crippen LogP contribution in [0.25, 0.3) is 0 Å². The number of hydrogen-bond acceptors (Lipinski definition) is 4. The number of aromatic nitrogens is 1. The highest BCUT2D eigenvalue weighted by molar-refractivity contribution is 5.74. The molecule has 0 atom stereocenters. The maximum atomic E-state index is 10.6. The molecule has 0 radical (unpaired) electrons. The first-order valence-corrected chi connectivity index (χ1v) is 6.34. The molecule has 1 rings (SSSR count). The van der Waals surface area contributed by atoms with E-state index >= 15 is 0 Å². The molecular weight excluding hydrogens is 226 g/mol. The van der Waals surface area contributed by atoms with Crippen LogP contribution < -0.4 is 4.90 Å². The Hall–Kier alpha value is -1.42. The molecule has 0 aliphatic heterocycles. The average molecular weight is 249 g/mol. The fourth-order valence-corrected chi connectivity index (χ4v) is 1.72. The largest absolute Gasteiger partial charge is 0.355 e. The van der Waals surface area contributed by atoms with Crippen molar-refractivity contribution in [1.82, 2.24) is 9.88 Å². The van der Waals surface area contributed by atoms with E-state index in [1.54, 1.807) is 6.20 Å². The van der Waals surface area contributed by atoms with Gasteiger partial charge in [-0.25, -0.2) is 4.98 Å². The van der Waals surface area contributed by atoms with Crippen molar-refractivity contribution in [2.45, 2.75) is 13.8 Å². The molecule has 1 aromatic heterocycles. The summed E-state index contributed by atoms with van der Waals surface area (Å²) < 4.78 is 0. The minimum atomic E-state index is 0.583. The van der Waals surface area contributed by atoms with Crippen LogP contribution in [-0.2, 0) is 0 Å². The summed E-state index contributed by atoms with van der Waals surface area (Å²) in [5, 5.41) is 0. The lowest BCUT2D eigenvalue weighted by atomic mass is 10.2. The Morgan fingerprint density at radius 1 is 1.28 bits per heavy atom. The first kappa shape index (κ1) is 14.6. The number of carbonyl (C=O) groups is 1. The summed E-state index contributed by atoms with van der Waals surface area (Å²) in [6, 6.07) is 3.74. The predicted octanol–water partition coefficient (Wildman–Crippen LogP) is 1.92. The Labute approximate surface area is 110 Å². The van der Waals surface area contributed by atoms with Crippen LogP contribution in [-0.4, -0.2) is 49.9 Å². The van der Waals surface area contributed by atoms with Gasteiger partial charge in [-0.1, -0.05) is 13.8 Å². The molecule has 100 valence electrons. The van der Waals surface area contributed by atoms with Gasteiger partial charge >= 0.3 is 0 Å². The molecule has 0 spiro atoms. The predicted molar refractivity (Wildman–Crippen MR) is 75.2 cm³/mol. The van der Waals surface area contributed by atoms with Crippen LogP contribution in [0, 0.1) is 5.92 Å². The number of likely N-dealkylation sites (N-methyl/N-ethyl adjacent to an activating group) is 1. The highest BCUT2D eigenvalue weighted by Gasteiger charge is 2.10. The number of pyridine rings is 1. The van der Waals surface area contributed by atoms with E-state index in [1.807, 2.05) is 12.1 Å². The van der Waals surface area contributed by atoms with Crippen molar-refractivity contribution < 1.29 is 4.79 Å². The first-order chi connectivity index (χ1) is 8.52. The van der Waals surface area contributed by atoms with Crippen LogP contribution in [0.15, 0.2) is 18.3 Å². The molecule has 18 heavy (non-hydrogen) atoms. The van der Waals surface area contributed by atoms with Gasteiger partial charge in [-0.2, -0.15) is 0 Å². The number of carbonyl (C=O) groups excluding carboxylic acids is 1. The highest BCUT2D eigenvalue weighted by atomic mass is 16.1. The van der Waals surface area contributed by atoms with Crippen LogP contribution in [0.5, 0.6) is 0 Å². The monoisotopic (exact) mass is 249 g/mol. The van der Waals surface area contributed by atoms with E-state index in [0.29, 0.717) is 11.5 Å². The molecule has 0 saturated heterocycles. The second-order valence-corrected chi connectivity index (χ2v) is 5.21. The van der Waals surface area contributed by atoms with Gasteiger partial charge in [0.15, 0.2) is 6.29 Å². The molecule has 0 fully saturated rings. The molecule has 0 aliphatic carbocycles. The Morgan fingerprint density at radius 2 is 2.00 bits per heavy atom. The highest BCUT2D eigenvalue weighted by Crippen LogP contribution is 2.12. The lowest BCUT2D eigenvalue weighted by molar-refractivity contribution is 0.112. The fourth-order valence-electron chi connectivity index (χ4n) is 1.72. The second-order valence-electron chi connectivity index (χ2n) is 5.21. The molecule has 0 bridgehead atoms. The zero-order valence-corrected chi connectivity index (χ0v) is 11.8. The fraction of sp³-hybridized carbons (Fsp3) is 0.571. The number of rotatable bonds is 7. The molecule has 0 unspecified atom stereocenters. The van der Waals surface area contributed by atoms with Crippen LogP contribution in [0.1, 0.15) is 24.2 Å². The lowest BCUT2D eigenvalue weighted by Gasteiger charge is -2.27. The third kappa shape index (κ3) is 4.84. The summed E-state index contributed by atoms with van der Waals surface area (Å²) in [5.74, 6) is 1.52. The minimum absolute atomic E-state index is 0.583. The molecule has 0 N–H and O–H groups in total. The van der Waals surface area contributed by atoms with E-state index in [1.165, 1.54) is 0 Å². The van der Waals surface area contributed by atoms with Gasteiger partial charge in [0.05, 0.1) is 0 Å². The van der Waals surface area contributed by atoms with Crippen molar-refractivity contribution in [3.8, 4) is 0 Å². The van der Waals surface area contributed by atoms with Gasteiger partial charge in [0.1, 0.15) is 5.82 Å². The molecule has 0 saturated carbocycles. The molecule has 4 heteroatoms. The van der Waals surface area contributed by atoms with Crippen molar-refractivity contribution >= 4 is 12.1 Å². The van der Waals surface area contributed by atoms with E-state index in [4.69, 9.17) is 0 Å². The summed E-state index contributed by atoms with van der Waals surface area (Å²) in [4.78, 5) is 19.4. The van der Waals surface area contributed by atoms with Gasteiger partial charge in [-0.3, -0.25) is 4.79 Å². The van der Waals surface area contributed by atoms with Gasteiger partial charge < -0.3 is 9.80 Å². The van der Waals surface area contributed by atoms with Crippen LogP contribution in [0.3, 0.4) is 0 Å². The van der Waals surface area contributed by atoms with E-state index in [9.17, 15) is 4.79 Å². The maximum Gasteiger partial charge on any atom is 0.151 e. The van der Waals surface area contributed by atoms with E-state index in [-0.39, 0.29) is 0 Å². The number of hydrogen-bond donors (Lipinski definition) is 0. The van der Waals surface area contributed by atoms with Crippen LogP contribution >= 0.6 is 0 Å². The molecule has 1 aromatic rings. The zero-order chi connectivity index (χ0) is 13.5. The summed E-state index contributed by atoms with van der Waals surface area (Å²) in [7, 11) is 4.13. The SMILES string of the molecule is CC(C)CN(CCN(C)C)c1ccc(C=O)cn1. The maximum absolute atomic E-state index is 10.6. The molecule has 1 heterocycles. The molecule has 0 aromatic carbocycles. The van der Waals surface area contributed by atoms with E-state index in [2.05, 4.69) is 42.7 Å². The smallest absolute Gasteiger partial charge is 0.151 e. The van der Waals surface area contributed by atoms with Crippen molar-refractivity contribution in [2.75, 3.05) is 38.6 Å². The minimum Gasteiger partial charge on any atom is -0.355 e. The van der Waals surface area contributed by atoms with Gasteiger partial charge in [-0.15, -0.1) is 0 Å². The van der Waals surface area contributed by atoms with Gasteiger partial charge in [0.2, 0.25) is 0 Å². The third-order valence-corrected chi connectivity index (χ3v) is 2.63. The van der Waals surface area contributed by atoms with Crippen molar-refractivity contribution in [2.24, 2.45) is 5.92 Å². The quantitative estimate of drug-likeness (QED) is 0.692. The zero-order valence-electron chi connectivity index (χ0n) is 11.8. The van der Waals surface area contributed by atoms with Gasteiger partial charge in [0.25, 0.3) is 0 Å². The molecule has 0 amide bonds. The van der Waals surface area contributed by atoms with Gasteiger partial charge in [-0.05, 0) is 32.1 Å². The van der Waals surface area contributed by atoms with E-state index < -0.39 is 0 Å². The summed E-state index contributed by atoms with van der Waals surface area (Å²) >= 11 is 0. The Balaban J connectivity index is 2.76. The summed E-state index contributed by atoms with van der Waals surface area (Å²) in [5.41, 5.74) is 0.621. The van der Waals surface area contributed by atoms with E-state index in [0.717, 1.165) is 31.7 Å². The normalized spacial score (nSPS) is 11.0. The summed E-state index contributed by atoms with van der Waals surface area (Å²) in [6.45, 7) is 7.30. The van der Waals surface area contributed by atoms with Gasteiger partial charge in [0, 0.05) is 31.4 Å².